The Labute approximate surface area is 153 Å². The first-order valence-corrected chi connectivity index (χ1v) is 8.48. The number of benzene rings is 3. The molecule has 0 aliphatic carbocycles. The van der Waals surface area contributed by atoms with Crippen molar-refractivity contribution >= 4 is 21.9 Å². The molecule has 0 radical (unpaired) electrons. The largest absolute Gasteiger partial charge is 0.418 e. The Morgan fingerprint density at radius 2 is 1.48 bits per heavy atom. The maximum absolute atomic E-state index is 13.4. The van der Waals surface area contributed by atoms with E-state index in [4.69, 9.17) is 9.52 Å². The number of nitrogens with zero attached hydrogens (tertiary/aromatic N) is 2. The van der Waals surface area contributed by atoms with E-state index < -0.39 is 5.63 Å². The van der Waals surface area contributed by atoms with Gasteiger partial charge in [-0.1, -0.05) is 36.4 Å². The number of aromatic nitrogens is 2. The van der Waals surface area contributed by atoms with E-state index in [2.05, 4.69) is 0 Å². The topological polar surface area (TPSA) is 48.0 Å². The molecule has 0 N–H and O–H groups in total. The van der Waals surface area contributed by atoms with E-state index in [0.29, 0.717) is 27.7 Å². The fourth-order valence-electron chi connectivity index (χ4n) is 3.30. The van der Waals surface area contributed by atoms with Crippen molar-refractivity contribution in [3.63, 3.8) is 0 Å². The van der Waals surface area contributed by atoms with Crippen molar-refractivity contribution in [1.82, 2.24) is 9.78 Å². The van der Waals surface area contributed by atoms with Crippen LogP contribution in [0, 0.1) is 5.82 Å². The first-order valence-electron chi connectivity index (χ1n) is 8.48. The molecule has 3 aromatic carbocycles. The highest BCUT2D eigenvalue weighted by molar-refractivity contribution is 6.06. The molecule has 0 saturated heterocycles. The summed E-state index contributed by atoms with van der Waals surface area (Å²) in [6.45, 7) is 0. The molecule has 5 heteroatoms. The van der Waals surface area contributed by atoms with E-state index in [-0.39, 0.29) is 5.82 Å². The van der Waals surface area contributed by atoms with Crippen LogP contribution in [0.1, 0.15) is 0 Å². The zero-order valence-electron chi connectivity index (χ0n) is 14.1. The van der Waals surface area contributed by atoms with Crippen LogP contribution in [-0.2, 0) is 0 Å². The fourth-order valence-corrected chi connectivity index (χ4v) is 3.30. The second kappa shape index (κ2) is 5.92. The molecule has 0 aliphatic rings. The molecule has 2 heterocycles. The van der Waals surface area contributed by atoms with E-state index in [9.17, 15) is 9.18 Å². The first-order chi connectivity index (χ1) is 13.2. The summed E-state index contributed by atoms with van der Waals surface area (Å²) in [5, 5.41) is 5.96. The van der Waals surface area contributed by atoms with Crippen LogP contribution in [0.15, 0.2) is 88.1 Å². The number of fused-ring (bicyclic) bond motifs is 3. The van der Waals surface area contributed by atoms with Crippen molar-refractivity contribution in [3.05, 3.63) is 95.1 Å². The minimum absolute atomic E-state index is 0.336. The minimum atomic E-state index is -0.422. The smallest absolute Gasteiger partial charge is 0.344 e. The Hall–Kier alpha value is -3.73. The number of halogens is 1. The van der Waals surface area contributed by atoms with Crippen LogP contribution >= 0.6 is 0 Å². The lowest BCUT2D eigenvalue weighted by atomic mass is 10.1. The van der Waals surface area contributed by atoms with Crippen molar-refractivity contribution in [1.29, 1.82) is 0 Å². The van der Waals surface area contributed by atoms with Crippen molar-refractivity contribution in [2.24, 2.45) is 0 Å². The molecule has 0 atom stereocenters. The predicted molar refractivity (Wildman–Crippen MR) is 103 cm³/mol. The molecule has 0 saturated carbocycles. The Morgan fingerprint density at radius 1 is 0.815 bits per heavy atom. The molecule has 0 unspecified atom stereocenters. The fraction of sp³-hybridized carbons (Fsp3) is 0. The lowest BCUT2D eigenvalue weighted by Crippen LogP contribution is -2.01. The standard InChI is InChI=1S/C22H13FN2O2/c23-15-12-10-14(11-13-15)19-21-20(25(24-19)16-6-2-1-3-7-16)17-8-4-5-9-18(17)22(26)27-21/h1-13H. The Kier molecular flexibility index (Phi) is 3.40. The van der Waals surface area contributed by atoms with E-state index in [1.54, 1.807) is 28.9 Å². The van der Waals surface area contributed by atoms with E-state index in [0.717, 1.165) is 11.1 Å². The summed E-state index contributed by atoms with van der Waals surface area (Å²) in [5.74, 6) is -0.336. The van der Waals surface area contributed by atoms with Gasteiger partial charge in [-0.2, -0.15) is 5.10 Å². The summed E-state index contributed by atoms with van der Waals surface area (Å²) in [5.41, 5.74) is 2.68. The number of rotatable bonds is 2. The van der Waals surface area contributed by atoms with Crippen LogP contribution in [0.4, 0.5) is 4.39 Å². The van der Waals surface area contributed by atoms with Crippen LogP contribution in [0.25, 0.3) is 38.8 Å². The number of para-hydroxylation sites is 1. The zero-order chi connectivity index (χ0) is 18.4. The van der Waals surface area contributed by atoms with Gasteiger partial charge >= 0.3 is 5.63 Å². The number of hydrogen-bond donors (Lipinski definition) is 0. The second-order valence-corrected chi connectivity index (χ2v) is 6.22. The summed E-state index contributed by atoms with van der Waals surface area (Å²) < 4.78 is 20.8. The van der Waals surface area contributed by atoms with Gasteiger partial charge in [0.25, 0.3) is 0 Å². The van der Waals surface area contributed by atoms with Gasteiger partial charge < -0.3 is 4.42 Å². The van der Waals surface area contributed by atoms with E-state index in [1.165, 1.54) is 12.1 Å². The second-order valence-electron chi connectivity index (χ2n) is 6.22. The normalized spacial score (nSPS) is 11.3. The van der Waals surface area contributed by atoms with Gasteiger partial charge in [-0.25, -0.2) is 13.9 Å². The molecule has 0 aliphatic heterocycles. The molecule has 5 rings (SSSR count). The lowest BCUT2D eigenvalue weighted by Gasteiger charge is -2.04. The highest BCUT2D eigenvalue weighted by Crippen LogP contribution is 2.33. The third-order valence-electron chi connectivity index (χ3n) is 4.56. The Bertz CT molecular complexity index is 1340. The van der Waals surface area contributed by atoms with E-state index >= 15 is 0 Å². The lowest BCUT2D eigenvalue weighted by molar-refractivity contribution is 0.570. The molecule has 130 valence electrons. The minimum Gasteiger partial charge on any atom is -0.418 e. The Balaban J connectivity index is 1.95. The number of hydrogen-bond acceptors (Lipinski definition) is 3. The molecule has 2 aromatic heterocycles. The highest BCUT2D eigenvalue weighted by Gasteiger charge is 2.20. The van der Waals surface area contributed by atoms with Crippen LogP contribution in [0.3, 0.4) is 0 Å². The molecule has 0 amide bonds. The zero-order valence-corrected chi connectivity index (χ0v) is 14.1. The van der Waals surface area contributed by atoms with Crippen molar-refractivity contribution in [2.45, 2.75) is 0 Å². The molecule has 0 spiro atoms. The van der Waals surface area contributed by atoms with Gasteiger partial charge in [0, 0.05) is 10.9 Å². The van der Waals surface area contributed by atoms with E-state index in [1.807, 2.05) is 42.5 Å². The van der Waals surface area contributed by atoms with Gasteiger partial charge in [-0.3, -0.25) is 0 Å². The van der Waals surface area contributed by atoms with Gasteiger partial charge in [0.2, 0.25) is 0 Å². The van der Waals surface area contributed by atoms with Crippen LogP contribution in [0.2, 0.25) is 0 Å². The average Bonchev–Trinajstić information content (AvgIpc) is 3.09. The van der Waals surface area contributed by atoms with Crippen molar-refractivity contribution in [3.8, 4) is 16.9 Å². The van der Waals surface area contributed by atoms with Crippen LogP contribution < -0.4 is 5.63 Å². The predicted octanol–water partition coefficient (Wildman–Crippen LogP) is 4.94. The summed E-state index contributed by atoms with van der Waals surface area (Å²) in [7, 11) is 0. The third kappa shape index (κ3) is 2.44. The van der Waals surface area contributed by atoms with Gasteiger partial charge in [0.1, 0.15) is 17.0 Å². The molecular formula is C22H13FN2O2. The van der Waals surface area contributed by atoms with Gasteiger partial charge in [0.15, 0.2) is 5.58 Å². The van der Waals surface area contributed by atoms with Gasteiger partial charge in [-0.05, 0) is 42.5 Å². The highest BCUT2D eigenvalue weighted by atomic mass is 19.1. The monoisotopic (exact) mass is 356 g/mol. The van der Waals surface area contributed by atoms with Crippen molar-refractivity contribution in [2.75, 3.05) is 0 Å². The summed E-state index contributed by atoms with van der Waals surface area (Å²) in [6, 6.07) is 22.9. The summed E-state index contributed by atoms with van der Waals surface area (Å²) in [6.07, 6.45) is 0. The summed E-state index contributed by atoms with van der Waals surface area (Å²) in [4.78, 5) is 12.5. The molecular weight excluding hydrogens is 343 g/mol. The van der Waals surface area contributed by atoms with Gasteiger partial charge in [0.05, 0.1) is 11.1 Å². The molecule has 4 nitrogen and oxygen atoms in total. The van der Waals surface area contributed by atoms with Crippen molar-refractivity contribution < 1.29 is 8.81 Å². The van der Waals surface area contributed by atoms with Gasteiger partial charge in [-0.15, -0.1) is 0 Å². The first kappa shape index (κ1) is 15.5. The molecule has 5 aromatic rings. The molecule has 0 bridgehead atoms. The average molecular weight is 356 g/mol. The quantitative estimate of drug-likeness (QED) is 0.450. The third-order valence-corrected chi connectivity index (χ3v) is 4.56. The Morgan fingerprint density at radius 3 is 2.22 bits per heavy atom. The molecule has 27 heavy (non-hydrogen) atoms. The van der Waals surface area contributed by atoms with Crippen LogP contribution in [0.5, 0.6) is 0 Å². The maximum atomic E-state index is 13.4. The summed E-state index contributed by atoms with van der Waals surface area (Å²) >= 11 is 0. The maximum Gasteiger partial charge on any atom is 0.344 e. The van der Waals surface area contributed by atoms with Crippen LogP contribution in [-0.4, -0.2) is 9.78 Å². The molecule has 0 fully saturated rings. The SMILES string of the molecule is O=c1oc2c(-c3ccc(F)cc3)nn(-c3ccccc3)c2c2ccccc12.